The first kappa shape index (κ1) is 22.9. The zero-order valence-electron chi connectivity index (χ0n) is 16.7. The second kappa shape index (κ2) is 9.55. The zero-order chi connectivity index (χ0) is 23.3. The van der Waals surface area contributed by atoms with Gasteiger partial charge in [0.2, 0.25) is 5.91 Å². The number of rotatable bonds is 8. The molecule has 0 aromatic carbocycles. The summed E-state index contributed by atoms with van der Waals surface area (Å²) >= 11 is 0. The highest BCUT2D eigenvalue weighted by Gasteiger charge is 2.29. The molecule has 1 atom stereocenters. The van der Waals surface area contributed by atoms with Crippen LogP contribution in [-0.4, -0.2) is 73.8 Å². The van der Waals surface area contributed by atoms with Gasteiger partial charge in [-0.3, -0.25) is 9.59 Å². The van der Waals surface area contributed by atoms with Crippen LogP contribution < -0.4 is 16.0 Å². The normalized spacial score (nSPS) is 12.4. The van der Waals surface area contributed by atoms with E-state index in [1.165, 1.54) is 25.5 Å². The Hall–Kier alpha value is -3.81. The summed E-state index contributed by atoms with van der Waals surface area (Å²) in [5.41, 5.74) is 0.887. The number of aromatic nitrogens is 5. The van der Waals surface area contributed by atoms with Crippen molar-refractivity contribution in [2.75, 3.05) is 25.0 Å². The molecule has 3 heterocycles. The Morgan fingerprint density at radius 2 is 2.03 bits per heavy atom. The van der Waals surface area contributed by atoms with E-state index in [1.54, 1.807) is 11.5 Å². The van der Waals surface area contributed by atoms with E-state index in [0.29, 0.717) is 16.6 Å². The number of carbonyl (C=O) groups is 2. The SMILES string of the molecule is C[C@H](Nc1cc(C(=O)NCCO)nc(-c2c[nH]c3ncncc23)n1)C(=O)NCC(F)(F)F. The van der Waals surface area contributed by atoms with Gasteiger partial charge in [-0.15, -0.1) is 0 Å². The number of aromatic amines is 1. The van der Waals surface area contributed by atoms with E-state index in [9.17, 15) is 22.8 Å². The number of anilines is 1. The number of carbonyl (C=O) groups excluding carboxylic acids is 2. The number of hydrogen-bond donors (Lipinski definition) is 5. The molecule has 0 bridgehead atoms. The first-order valence-electron chi connectivity index (χ1n) is 9.34. The van der Waals surface area contributed by atoms with Crippen molar-refractivity contribution in [2.24, 2.45) is 0 Å². The fourth-order valence-electron chi connectivity index (χ4n) is 2.69. The molecular weight excluding hydrogens is 433 g/mol. The van der Waals surface area contributed by atoms with Crippen LogP contribution >= 0.6 is 0 Å². The monoisotopic (exact) mass is 452 g/mol. The number of fused-ring (bicyclic) bond motifs is 1. The molecule has 3 aromatic heterocycles. The van der Waals surface area contributed by atoms with Crippen LogP contribution in [0.15, 0.2) is 24.8 Å². The third-order valence-corrected chi connectivity index (χ3v) is 4.17. The van der Waals surface area contributed by atoms with Gasteiger partial charge < -0.3 is 26.0 Å². The fourth-order valence-corrected chi connectivity index (χ4v) is 2.69. The van der Waals surface area contributed by atoms with Crippen LogP contribution in [0, 0.1) is 0 Å². The molecule has 0 saturated heterocycles. The molecule has 170 valence electrons. The molecule has 0 aliphatic rings. The van der Waals surface area contributed by atoms with Gasteiger partial charge in [0.15, 0.2) is 5.82 Å². The predicted molar refractivity (Wildman–Crippen MR) is 106 cm³/mol. The minimum atomic E-state index is -4.55. The van der Waals surface area contributed by atoms with Gasteiger partial charge in [0, 0.05) is 36.0 Å². The van der Waals surface area contributed by atoms with E-state index >= 15 is 0 Å². The minimum absolute atomic E-state index is 0.0158. The average Bonchev–Trinajstić information content (AvgIpc) is 3.19. The Morgan fingerprint density at radius 1 is 1.25 bits per heavy atom. The standard InChI is InChI=1S/C18H19F3N8O3/c1-9(16(31)25-7-18(19,20)21)27-13-4-12(17(32)23-2-3-30)28-15(29-13)11-6-24-14-10(11)5-22-8-26-14/h4-6,8-9,30H,2-3,7H2,1H3,(H,23,32)(H,25,31)(H,22,24,26)(H,27,28,29)/t9-/m0/s1. The highest BCUT2D eigenvalue weighted by molar-refractivity contribution is 5.95. The maximum atomic E-state index is 12.4. The molecule has 3 rings (SSSR count). The molecule has 0 fully saturated rings. The van der Waals surface area contributed by atoms with Crippen molar-refractivity contribution < 1.29 is 27.9 Å². The minimum Gasteiger partial charge on any atom is -0.395 e. The van der Waals surface area contributed by atoms with Crippen LogP contribution in [0.2, 0.25) is 0 Å². The van der Waals surface area contributed by atoms with Crippen LogP contribution in [0.25, 0.3) is 22.4 Å². The molecule has 2 amide bonds. The van der Waals surface area contributed by atoms with E-state index in [1.807, 2.05) is 0 Å². The molecule has 14 heteroatoms. The Bertz CT molecular complexity index is 1120. The van der Waals surface area contributed by atoms with Gasteiger partial charge in [-0.1, -0.05) is 0 Å². The number of aliphatic hydroxyl groups excluding tert-OH is 1. The Kier molecular flexibility index (Phi) is 6.82. The quantitative estimate of drug-likeness (QED) is 0.333. The summed E-state index contributed by atoms with van der Waals surface area (Å²) in [7, 11) is 0. The van der Waals surface area contributed by atoms with Gasteiger partial charge in [0.05, 0.1) is 6.61 Å². The lowest BCUT2D eigenvalue weighted by molar-refractivity contribution is -0.138. The second-order valence-corrected chi connectivity index (χ2v) is 6.63. The second-order valence-electron chi connectivity index (χ2n) is 6.63. The third-order valence-electron chi connectivity index (χ3n) is 4.17. The number of amides is 2. The van der Waals surface area contributed by atoms with Crippen LogP contribution in [0.1, 0.15) is 17.4 Å². The molecule has 0 spiro atoms. The van der Waals surface area contributed by atoms with Crippen molar-refractivity contribution in [2.45, 2.75) is 19.1 Å². The number of alkyl halides is 3. The first-order valence-corrected chi connectivity index (χ1v) is 9.34. The summed E-state index contributed by atoms with van der Waals surface area (Å²) in [6.45, 7) is -0.432. The number of nitrogens with zero attached hydrogens (tertiary/aromatic N) is 4. The van der Waals surface area contributed by atoms with Gasteiger partial charge in [-0.2, -0.15) is 13.2 Å². The van der Waals surface area contributed by atoms with Crippen LogP contribution in [0.4, 0.5) is 19.0 Å². The van der Waals surface area contributed by atoms with Crippen molar-refractivity contribution in [3.05, 3.63) is 30.5 Å². The summed E-state index contributed by atoms with van der Waals surface area (Å²) in [6.07, 6.45) is -0.118. The molecular formula is C18H19F3N8O3. The molecule has 0 aliphatic heterocycles. The summed E-state index contributed by atoms with van der Waals surface area (Å²) in [4.78, 5) is 43.9. The molecule has 5 N–H and O–H groups in total. The molecule has 0 aliphatic carbocycles. The van der Waals surface area contributed by atoms with E-state index in [4.69, 9.17) is 5.11 Å². The number of aliphatic hydroxyl groups is 1. The highest BCUT2D eigenvalue weighted by Crippen LogP contribution is 2.25. The molecule has 0 saturated carbocycles. The van der Waals surface area contributed by atoms with Crippen LogP contribution in [0.3, 0.4) is 0 Å². The molecule has 0 unspecified atom stereocenters. The van der Waals surface area contributed by atoms with E-state index in [-0.39, 0.29) is 30.5 Å². The molecule has 0 radical (unpaired) electrons. The predicted octanol–water partition coefficient (Wildman–Crippen LogP) is 0.616. The number of hydrogen-bond acceptors (Lipinski definition) is 8. The lowest BCUT2D eigenvalue weighted by Crippen LogP contribution is -2.42. The average molecular weight is 452 g/mol. The van der Waals surface area contributed by atoms with Gasteiger partial charge in [0.1, 0.15) is 36.1 Å². The maximum Gasteiger partial charge on any atom is 0.405 e. The third kappa shape index (κ3) is 5.66. The van der Waals surface area contributed by atoms with Crippen molar-refractivity contribution in [1.29, 1.82) is 0 Å². The zero-order valence-corrected chi connectivity index (χ0v) is 16.7. The Balaban J connectivity index is 1.92. The Morgan fingerprint density at radius 3 is 2.75 bits per heavy atom. The number of nitrogens with one attached hydrogen (secondary N) is 4. The van der Waals surface area contributed by atoms with Crippen molar-refractivity contribution in [3.63, 3.8) is 0 Å². The van der Waals surface area contributed by atoms with E-state index in [2.05, 4.69) is 35.6 Å². The topological polar surface area (TPSA) is 158 Å². The maximum absolute atomic E-state index is 12.4. The van der Waals surface area contributed by atoms with Crippen molar-refractivity contribution >= 4 is 28.7 Å². The largest absolute Gasteiger partial charge is 0.405 e. The van der Waals surface area contributed by atoms with Gasteiger partial charge in [-0.05, 0) is 6.92 Å². The van der Waals surface area contributed by atoms with E-state index < -0.39 is 30.6 Å². The summed E-state index contributed by atoms with van der Waals surface area (Å²) < 4.78 is 37.1. The number of halogens is 3. The smallest absolute Gasteiger partial charge is 0.395 e. The molecule has 11 nitrogen and oxygen atoms in total. The van der Waals surface area contributed by atoms with Gasteiger partial charge >= 0.3 is 6.18 Å². The Labute approximate surface area is 178 Å². The molecule has 3 aromatic rings. The molecule has 32 heavy (non-hydrogen) atoms. The summed E-state index contributed by atoms with van der Waals surface area (Å²) in [6, 6.07) is 0.148. The lowest BCUT2D eigenvalue weighted by atomic mass is 10.2. The highest BCUT2D eigenvalue weighted by atomic mass is 19.4. The van der Waals surface area contributed by atoms with Gasteiger partial charge in [-0.25, -0.2) is 19.9 Å². The first-order chi connectivity index (χ1) is 15.2. The van der Waals surface area contributed by atoms with Crippen molar-refractivity contribution in [3.8, 4) is 11.4 Å². The fraction of sp³-hybridized carbons (Fsp3) is 0.333. The summed E-state index contributed by atoms with van der Waals surface area (Å²) in [5, 5.41) is 16.4. The van der Waals surface area contributed by atoms with Gasteiger partial charge in [0.25, 0.3) is 5.91 Å². The van der Waals surface area contributed by atoms with Crippen LogP contribution in [0.5, 0.6) is 0 Å². The summed E-state index contributed by atoms with van der Waals surface area (Å²) in [5.74, 6) is -1.40. The van der Waals surface area contributed by atoms with Crippen molar-refractivity contribution in [1.82, 2.24) is 35.6 Å². The van der Waals surface area contributed by atoms with E-state index in [0.717, 1.165) is 0 Å². The number of H-pyrrole nitrogens is 1. The van der Waals surface area contributed by atoms with Crippen LogP contribution in [-0.2, 0) is 4.79 Å². The lowest BCUT2D eigenvalue weighted by Gasteiger charge is -2.16.